The third-order valence-electron chi connectivity index (χ3n) is 3.22. The standard InChI is InChI=1S/C12H20N4O/c1-9-8-11(15-12(13)14-9)17-7-5-10-4-3-6-16(10)2/h8,10H,3-7H2,1-2H3,(H2,13,14,15). The Labute approximate surface area is 102 Å². The van der Waals surface area contributed by atoms with Crippen LogP contribution in [0.3, 0.4) is 0 Å². The predicted molar refractivity (Wildman–Crippen MR) is 66.9 cm³/mol. The first-order valence-corrected chi connectivity index (χ1v) is 6.09. The van der Waals surface area contributed by atoms with Crippen molar-refractivity contribution in [2.45, 2.75) is 32.2 Å². The molecule has 1 aromatic rings. The van der Waals surface area contributed by atoms with Crippen LogP contribution in [0.25, 0.3) is 0 Å². The number of rotatable bonds is 4. The summed E-state index contributed by atoms with van der Waals surface area (Å²) in [5.74, 6) is 0.855. The molecule has 94 valence electrons. The highest BCUT2D eigenvalue weighted by Crippen LogP contribution is 2.18. The SMILES string of the molecule is Cc1cc(OCCC2CCCN2C)nc(N)n1. The quantitative estimate of drug-likeness (QED) is 0.851. The maximum Gasteiger partial charge on any atom is 0.223 e. The van der Waals surface area contributed by atoms with Crippen LogP contribution in [0.5, 0.6) is 5.88 Å². The van der Waals surface area contributed by atoms with E-state index in [2.05, 4.69) is 21.9 Å². The molecule has 0 bridgehead atoms. The normalized spacial score (nSPS) is 20.7. The number of hydrogen-bond acceptors (Lipinski definition) is 5. The molecule has 2 N–H and O–H groups in total. The molecule has 0 aromatic carbocycles. The summed E-state index contributed by atoms with van der Waals surface area (Å²) in [7, 11) is 2.17. The van der Waals surface area contributed by atoms with Gasteiger partial charge in [-0.05, 0) is 39.8 Å². The highest BCUT2D eigenvalue weighted by Gasteiger charge is 2.20. The van der Waals surface area contributed by atoms with Gasteiger partial charge in [-0.3, -0.25) is 0 Å². The van der Waals surface area contributed by atoms with Gasteiger partial charge in [0.15, 0.2) is 0 Å². The van der Waals surface area contributed by atoms with E-state index in [1.165, 1.54) is 19.4 Å². The summed E-state index contributed by atoms with van der Waals surface area (Å²) < 4.78 is 5.62. The second-order valence-electron chi connectivity index (χ2n) is 4.62. The number of likely N-dealkylation sites (tertiary alicyclic amines) is 1. The molecule has 0 amide bonds. The molecular weight excluding hydrogens is 216 g/mol. The third-order valence-corrected chi connectivity index (χ3v) is 3.22. The minimum Gasteiger partial charge on any atom is -0.477 e. The van der Waals surface area contributed by atoms with Crippen molar-refractivity contribution in [1.82, 2.24) is 14.9 Å². The van der Waals surface area contributed by atoms with Crippen LogP contribution in [0.1, 0.15) is 25.0 Å². The number of nitrogen functional groups attached to an aromatic ring is 1. The molecule has 0 radical (unpaired) electrons. The van der Waals surface area contributed by atoms with Crippen LogP contribution in [0, 0.1) is 6.92 Å². The Bertz CT molecular complexity index is 363. The molecule has 2 rings (SSSR count). The Kier molecular flexibility index (Phi) is 3.78. The molecule has 0 saturated carbocycles. The van der Waals surface area contributed by atoms with E-state index in [1.807, 2.05) is 13.0 Å². The second kappa shape index (κ2) is 5.31. The van der Waals surface area contributed by atoms with Gasteiger partial charge in [-0.1, -0.05) is 0 Å². The first kappa shape index (κ1) is 12.1. The molecule has 5 nitrogen and oxygen atoms in total. The van der Waals surface area contributed by atoms with Crippen LogP contribution in [0.4, 0.5) is 5.95 Å². The van der Waals surface area contributed by atoms with Crippen molar-refractivity contribution in [2.75, 3.05) is 25.9 Å². The van der Waals surface area contributed by atoms with Crippen molar-refractivity contribution < 1.29 is 4.74 Å². The number of nitrogens with two attached hydrogens (primary N) is 1. The molecule has 1 saturated heterocycles. The largest absolute Gasteiger partial charge is 0.477 e. The first-order chi connectivity index (χ1) is 8.15. The van der Waals surface area contributed by atoms with Crippen LogP contribution >= 0.6 is 0 Å². The van der Waals surface area contributed by atoms with Gasteiger partial charge in [0, 0.05) is 17.8 Å². The van der Waals surface area contributed by atoms with Gasteiger partial charge in [0.05, 0.1) is 6.61 Å². The fourth-order valence-electron chi connectivity index (χ4n) is 2.28. The second-order valence-corrected chi connectivity index (χ2v) is 4.62. The number of aryl methyl sites for hydroxylation is 1. The Morgan fingerprint density at radius 2 is 2.35 bits per heavy atom. The molecule has 1 aliphatic heterocycles. The van der Waals surface area contributed by atoms with Gasteiger partial charge in [-0.15, -0.1) is 0 Å². The Morgan fingerprint density at radius 1 is 1.53 bits per heavy atom. The fourth-order valence-corrected chi connectivity index (χ4v) is 2.28. The van der Waals surface area contributed by atoms with Crippen molar-refractivity contribution in [1.29, 1.82) is 0 Å². The lowest BCUT2D eigenvalue weighted by Crippen LogP contribution is -2.26. The van der Waals surface area contributed by atoms with Crippen molar-refractivity contribution in [3.05, 3.63) is 11.8 Å². The highest BCUT2D eigenvalue weighted by molar-refractivity contribution is 5.25. The molecule has 1 unspecified atom stereocenters. The maximum atomic E-state index is 5.62. The molecule has 0 spiro atoms. The summed E-state index contributed by atoms with van der Waals surface area (Å²) >= 11 is 0. The smallest absolute Gasteiger partial charge is 0.223 e. The lowest BCUT2D eigenvalue weighted by Gasteiger charge is -2.19. The summed E-state index contributed by atoms with van der Waals surface area (Å²) in [5, 5.41) is 0. The molecular formula is C12H20N4O. The van der Waals surface area contributed by atoms with E-state index in [0.29, 0.717) is 18.5 Å². The molecule has 0 aliphatic carbocycles. The summed E-state index contributed by atoms with van der Waals surface area (Å²) in [6.07, 6.45) is 3.60. The van der Waals surface area contributed by atoms with Gasteiger partial charge in [-0.2, -0.15) is 4.98 Å². The zero-order chi connectivity index (χ0) is 12.3. The molecule has 17 heavy (non-hydrogen) atoms. The maximum absolute atomic E-state index is 5.62. The van der Waals surface area contributed by atoms with E-state index in [4.69, 9.17) is 10.5 Å². The van der Waals surface area contributed by atoms with Crippen LogP contribution < -0.4 is 10.5 Å². The summed E-state index contributed by atoms with van der Waals surface area (Å²) in [6, 6.07) is 2.46. The van der Waals surface area contributed by atoms with Gasteiger partial charge in [0.25, 0.3) is 0 Å². The van der Waals surface area contributed by atoms with Crippen molar-refractivity contribution in [3.63, 3.8) is 0 Å². The van der Waals surface area contributed by atoms with Gasteiger partial charge in [0.2, 0.25) is 11.8 Å². The van der Waals surface area contributed by atoms with Gasteiger partial charge in [-0.25, -0.2) is 4.98 Å². The van der Waals surface area contributed by atoms with Gasteiger partial charge < -0.3 is 15.4 Å². The number of ether oxygens (including phenoxy) is 1. The minimum atomic E-state index is 0.276. The van der Waals surface area contributed by atoms with Crippen LogP contribution in [-0.4, -0.2) is 41.1 Å². The fraction of sp³-hybridized carbons (Fsp3) is 0.667. The number of anilines is 1. The summed E-state index contributed by atoms with van der Waals surface area (Å²) in [6.45, 7) is 3.77. The van der Waals surface area contributed by atoms with E-state index in [0.717, 1.165) is 12.1 Å². The zero-order valence-corrected chi connectivity index (χ0v) is 10.5. The average Bonchev–Trinajstić information content (AvgIpc) is 2.63. The molecule has 5 heteroatoms. The van der Waals surface area contributed by atoms with Crippen molar-refractivity contribution in [3.8, 4) is 5.88 Å². The minimum absolute atomic E-state index is 0.276. The average molecular weight is 236 g/mol. The lowest BCUT2D eigenvalue weighted by atomic mass is 10.1. The third kappa shape index (κ3) is 3.30. The number of hydrogen-bond donors (Lipinski definition) is 1. The van der Waals surface area contributed by atoms with E-state index in [1.54, 1.807) is 0 Å². The molecule has 2 heterocycles. The van der Waals surface area contributed by atoms with Gasteiger partial charge >= 0.3 is 0 Å². The molecule has 1 atom stereocenters. The van der Waals surface area contributed by atoms with E-state index in [-0.39, 0.29) is 5.95 Å². The van der Waals surface area contributed by atoms with E-state index < -0.39 is 0 Å². The molecule has 1 fully saturated rings. The van der Waals surface area contributed by atoms with Crippen LogP contribution in [0.2, 0.25) is 0 Å². The first-order valence-electron chi connectivity index (χ1n) is 6.09. The Morgan fingerprint density at radius 3 is 3.00 bits per heavy atom. The summed E-state index contributed by atoms with van der Waals surface area (Å²) in [5.41, 5.74) is 6.40. The van der Waals surface area contributed by atoms with E-state index >= 15 is 0 Å². The van der Waals surface area contributed by atoms with Crippen molar-refractivity contribution >= 4 is 5.95 Å². The lowest BCUT2D eigenvalue weighted by molar-refractivity contribution is 0.228. The Balaban J connectivity index is 1.81. The highest BCUT2D eigenvalue weighted by atomic mass is 16.5. The predicted octanol–water partition coefficient (Wildman–Crippen LogP) is 1.23. The number of nitrogens with zero attached hydrogens (tertiary/aromatic N) is 3. The molecule has 1 aliphatic rings. The van der Waals surface area contributed by atoms with Crippen LogP contribution in [-0.2, 0) is 0 Å². The topological polar surface area (TPSA) is 64.3 Å². The zero-order valence-electron chi connectivity index (χ0n) is 10.5. The number of aromatic nitrogens is 2. The Hall–Kier alpha value is -1.36. The van der Waals surface area contributed by atoms with Gasteiger partial charge in [0.1, 0.15) is 0 Å². The molecule has 1 aromatic heterocycles. The van der Waals surface area contributed by atoms with E-state index in [9.17, 15) is 0 Å². The monoisotopic (exact) mass is 236 g/mol. The van der Waals surface area contributed by atoms with Crippen molar-refractivity contribution in [2.24, 2.45) is 0 Å². The summed E-state index contributed by atoms with van der Waals surface area (Å²) in [4.78, 5) is 10.5. The van der Waals surface area contributed by atoms with Crippen LogP contribution in [0.15, 0.2) is 6.07 Å².